The normalized spacial score (nSPS) is 12.3. The number of hydrogen-bond acceptors (Lipinski definition) is 2. The molecule has 1 aromatic carbocycles. The zero-order valence-electron chi connectivity index (χ0n) is 11.4. The van der Waals surface area contributed by atoms with E-state index < -0.39 is 11.7 Å². The molecule has 0 fully saturated rings. The fourth-order valence-corrected chi connectivity index (χ4v) is 1.49. The second-order valence-electron chi connectivity index (χ2n) is 4.04. The van der Waals surface area contributed by atoms with E-state index in [2.05, 4.69) is 15.6 Å². The molecule has 0 aliphatic heterocycles. The Morgan fingerprint density at radius 3 is 2.35 bits per heavy atom. The minimum absolute atomic E-state index is 0.394. The molecule has 20 heavy (non-hydrogen) atoms. The van der Waals surface area contributed by atoms with Crippen LogP contribution >= 0.6 is 0 Å². The summed E-state index contributed by atoms with van der Waals surface area (Å²) in [5, 5.41) is 6.02. The van der Waals surface area contributed by atoms with E-state index in [1.54, 1.807) is 14.2 Å². The van der Waals surface area contributed by atoms with Gasteiger partial charge in [0.2, 0.25) is 0 Å². The minimum Gasteiger partial charge on any atom is -0.383 e. The molecule has 0 saturated heterocycles. The number of nitrogens with zero attached hydrogens (tertiary/aromatic N) is 1. The van der Waals surface area contributed by atoms with Crippen LogP contribution in [0.1, 0.15) is 11.1 Å². The smallest absolute Gasteiger partial charge is 0.383 e. The van der Waals surface area contributed by atoms with Crippen LogP contribution in [0.4, 0.5) is 13.2 Å². The maximum Gasteiger partial charge on any atom is 0.416 e. The third kappa shape index (κ3) is 5.48. The molecule has 0 atom stereocenters. The largest absolute Gasteiger partial charge is 0.416 e. The lowest BCUT2D eigenvalue weighted by molar-refractivity contribution is -0.137. The van der Waals surface area contributed by atoms with Gasteiger partial charge >= 0.3 is 6.18 Å². The van der Waals surface area contributed by atoms with Crippen molar-refractivity contribution in [3.8, 4) is 0 Å². The van der Waals surface area contributed by atoms with Crippen molar-refractivity contribution in [1.29, 1.82) is 0 Å². The standard InChI is InChI=1S/C13H18F3N3O/c1-17-12(18-7-8-20-2)19-9-10-3-5-11(6-4-10)13(14,15)16/h3-6H,7-9H2,1-2H3,(H2,17,18,19). The molecule has 1 rings (SSSR count). The average molecular weight is 289 g/mol. The first kappa shape index (κ1) is 16.3. The molecule has 0 saturated carbocycles. The zero-order chi connectivity index (χ0) is 15.0. The molecule has 0 bridgehead atoms. The van der Waals surface area contributed by atoms with Gasteiger partial charge < -0.3 is 15.4 Å². The third-order valence-corrected chi connectivity index (χ3v) is 2.56. The summed E-state index contributed by atoms with van der Waals surface area (Å²) in [5.74, 6) is 0.571. The number of methoxy groups -OCH3 is 1. The summed E-state index contributed by atoms with van der Waals surface area (Å²) >= 11 is 0. The highest BCUT2D eigenvalue weighted by atomic mass is 19.4. The number of halogens is 3. The maximum atomic E-state index is 12.4. The summed E-state index contributed by atoms with van der Waals surface area (Å²) in [6, 6.07) is 5.02. The van der Waals surface area contributed by atoms with Gasteiger partial charge in [-0.05, 0) is 17.7 Å². The van der Waals surface area contributed by atoms with Gasteiger partial charge in [-0.3, -0.25) is 4.99 Å². The van der Waals surface area contributed by atoms with Crippen molar-refractivity contribution in [3.05, 3.63) is 35.4 Å². The first-order valence-corrected chi connectivity index (χ1v) is 6.07. The van der Waals surface area contributed by atoms with Gasteiger partial charge in [0.15, 0.2) is 5.96 Å². The van der Waals surface area contributed by atoms with Gasteiger partial charge in [0, 0.05) is 27.2 Å². The lowest BCUT2D eigenvalue weighted by Crippen LogP contribution is -2.38. The maximum absolute atomic E-state index is 12.4. The molecule has 0 heterocycles. The number of ether oxygens (including phenoxy) is 1. The highest BCUT2D eigenvalue weighted by Gasteiger charge is 2.29. The highest BCUT2D eigenvalue weighted by molar-refractivity contribution is 5.79. The van der Waals surface area contributed by atoms with Crippen LogP contribution in [0.15, 0.2) is 29.3 Å². The van der Waals surface area contributed by atoms with Crippen LogP contribution in [0.5, 0.6) is 0 Å². The first-order chi connectivity index (χ1) is 9.47. The monoisotopic (exact) mass is 289 g/mol. The van der Waals surface area contributed by atoms with Gasteiger partial charge in [0.1, 0.15) is 0 Å². The van der Waals surface area contributed by atoms with Crippen LogP contribution in [-0.4, -0.2) is 33.3 Å². The van der Waals surface area contributed by atoms with E-state index in [9.17, 15) is 13.2 Å². The van der Waals surface area contributed by atoms with E-state index in [4.69, 9.17) is 4.74 Å². The molecule has 0 aliphatic rings. The molecule has 0 amide bonds. The molecule has 7 heteroatoms. The number of hydrogen-bond donors (Lipinski definition) is 2. The van der Waals surface area contributed by atoms with E-state index in [1.165, 1.54) is 12.1 Å². The molecule has 0 radical (unpaired) electrons. The number of guanidine groups is 1. The molecule has 1 aromatic rings. The predicted molar refractivity (Wildman–Crippen MR) is 71.5 cm³/mol. The Morgan fingerprint density at radius 1 is 1.20 bits per heavy atom. The predicted octanol–water partition coefficient (Wildman–Crippen LogP) is 2.02. The fraction of sp³-hybridized carbons (Fsp3) is 0.462. The Kier molecular flexibility index (Phi) is 6.30. The molecule has 4 nitrogen and oxygen atoms in total. The molecule has 0 aliphatic carbocycles. The van der Waals surface area contributed by atoms with E-state index in [-0.39, 0.29) is 0 Å². The van der Waals surface area contributed by atoms with Gasteiger partial charge in [-0.1, -0.05) is 12.1 Å². The van der Waals surface area contributed by atoms with Gasteiger partial charge in [-0.15, -0.1) is 0 Å². The molecule has 2 N–H and O–H groups in total. The van der Waals surface area contributed by atoms with Gasteiger partial charge in [0.05, 0.1) is 12.2 Å². The molecule has 0 spiro atoms. The molecular weight excluding hydrogens is 271 g/mol. The average Bonchev–Trinajstić information content (AvgIpc) is 2.42. The van der Waals surface area contributed by atoms with Crippen molar-refractivity contribution in [1.82, 2.24) is 10.6 Å². The van der Waals surface area contributed by atoms with E-state index in [0.717, 1.165) is 17.7 Å². The van der Waals surface area contributed by atoms with Crippen LogP contribution in [0, 0.1) is 0 Å². The summed E-state index contributed by atoms with van der Waals surface area (Å²) in [7, 11) is 3.22. The Bertz CT molecular complexity index is 429. The quantitative estimate of drug-likeness (QED) is 0.495. The fourth-order valence-electron chi connectivity index (χ4n) is 1.49. The number of aliphatic imine (C=N–C) groups is 1. The van der Waals surface area contributed by atoms with Crippen molar-refractivity contribution >= 4 is 5.96 Å². The van der Waals surface area contributed by atoms with Crippen LogP contribution < -0.4 is 10.6 Å². The topological polar surface area (TPSA) is 45.7 Å². The summed E-state index contributed by atoms with van der Waals surface area (Å²) < 4.78 is 42.1. The van der Waals surface area contributed by atoms with Crippen LogP contribution in [-0.2, 0) is 17.5 Å². The third-order valence-electron chi connectivity index (χ3n) is 2.56. The molecule has 0 unspecified atom stereocenters. The summed E-state index contributed by atoms with van der Waals surface area (Å²) in [6.45, 7) is 1.54. The highest BCUT2D eigenvalue weighted by Crippen LogP contribution is 2.28. The number of alkyl halides is 3. The van der Waals surface area contributed by atoms with Crippen LogP contribution in [0.2, 0.25) is 0 Å². The lowest BCUT2D eigenvalue weighted by atomic mass is 10.1. The van der Waals surface area contributed by atoms with Crippen molar-refractivity contribution in [2.75, 3.05) is 27.3 Å². The van der Waals surface area contributed by atoms with Crippen molar-refractivity contribution < 1.29 is 17.9 Å². The SMILES string of the molecule is CN=C(NCCOC)NCc1ccc(C(F)(F)F)cc1. The summed E-state index contributed by atoms with van der Waals surface area (Å²) in [4.78, 5) is 3.99. The number of rotatable bonds is 5. The second-order valence-corrected chi connectivity index (χ2v) is 4.04. The minimum atomic E-state index is -4.30. The van der Waals surface area contributed by atoms with E-state index in [1.807, 2.05) is 0 Å². The molecule has 0 aromatic heterocycles. The zero-order valence-corrected chi connectivity index (χ0v) is 11.4. The van der Waals surface area contributed by atoms with Crippen LogP contribution in [0.3, 0.4) is 0 Å². The van der Waals surface area contributed by atoms with E-state index >= 15 is 0 Å². The van der Waals surface area contributed by atoms with Crippen molar-refractivity contribution in [2.24, 2.45) is 4.99 Å². The molecular formula is C13H18F3N3O. The second kappa shape index (κ2) is 7.74. The van der Waals surface area contributed by atoms with E-state index in [0.29, 0.717) is 25.7 Å². The lowest BCUT2D eigenvalue weighted by Gasteiger charge is -2.12. The summed E-state index contributed by atoms with van der Waals surface area (Å²) in [6.07, 6.45) is -4.30. The van der Waals surface area contributed by atoms with Crippen molar-refractivity contribution in [2.45, 2.75) is 12.7 Å². The van der Waals surface area contributed by atoms with Crippen LogP contribution in [0.25, 0.3) is 0 Å². The van der Waals surface area contributed by atoms with Crippen molar-refractivity contribution in [3.63, 3.8) is 0 Å². The van der Waals surface area contributed by atoms with Gasteiger partial charge in [-0.2, -0.15) is 13.2 Å². The number of nitrogens with one attached hydrogen (secondary N) is 2. The molecule has 112 valence electrons. The Hall–Kier alpha value is -1.76. The number of benzene rings is 1. The van der Waals surface area contributed by atoms with Gasteiger partial charge in [-0.25, -0.2) is 0 Å². The first-order valence-electron chi connectivity index (χ1n) is 6.07. The Balaban J connectivity index is 2.48. The Labute approximate surface area is 116 Å². The summed E-state index contributed by atoms with van der Waals surface area (Å²) in [5.41, 5.74) is 0.0940. The Morgan fingerprint density at radius 2 is 1.85 bits per heavy atom. The van der Waals surface area contributed by atoms with Gasteiger partial charge in [0.25, 0.3) is 0 Å².